The lowest BCUT2D eigenvalue weighted by molar-refractivity contribution is -0.158. The van der Waals surface area contributed by atoms with E-state index in [0.717, 1.165) is 6.92 Å². The maximum absolute atomic E-state index is 14.8. The number of benzene rings is 4. The number of carbonyl (C=O) groups excluding carboxylic acids is 2. The topological polar surface area (TPSA) is 183 Å². The van der Waals surface area contributed by atoms with Crippen LogP contribution in [-0.2, 0) is 34.4 Å². The maximum Gasteiger partial charge on any atom is 0.304 e. The number of hydrogen-bond acceptors (Lipinski definition) is 9. The molecule has 0 radical (unpaired) electrons. The quantitative estimate of drug-likeness (QED) is 0.0966. The van der Waals surface area contributed by atoms with Crippen molar-refractivity contribution in [3.05, 3.63) is 78.9 Å². The number of fused-ring (bicyclic) bond motifs is 2. The lowest BCUT2D eigenvalue weighted by atomic mass is 9.98. The summed E-state index contributed by atoms with van der Waals surface area (Å²) in [6.45, 7) is 1.88. The van der Waals surface area contributed by atoms with Crippen molar-refractivity contribution in [2.75, 3.05) is 38.6 Å². The molecule has 1 fully saturated rings. The Morgan fingerprint density at radius 2 is 1.65 bits per heavy atom. The van der Waals surface area contributed by atoms with E-state index in [0.29, 0.717) is 47.8 Å². The number of anilines is 1. The second-order valence-electron chi connectivity index (χ2n) is 11.8. The van der Waals surface area contributed by atoms with Crippen molar-refractivity contribution < 1.29 is 31.2 Å². The fourth-order valence-corrected chi connectivity index (χ4v) is 9.86. The van der Waals surface area contributed by atoms with Crippen LogP contribution < -0.4 is 16.0 Å². The van der Waals surface area contributed by atoms with E-state index < -0.39 is 47.9 Å². The summed E-state index contributed by atoms with van der Waals surface area (Å²) in [6, 6.07) is 20.4. The summed E-state index contributed by atoms with van der Waals surface area (Å²) >= 11 is 0. The highest BCUT2D eigenvalue weighted by atomic mass is 32.3. The van der Waals surface area contributed by atoms with Crippen LogP contribution in [0.3, 0.4) is 0 Å². The van der Waals surface area contributed by atoms with Gasteiger partial charge < -0.3 is 25.6 Å². The van der Waals surface area contributed by atoms with Gasteiger partial charge in [0.2, 0.25) is 0 Å². The molecule has 5 rings (SSSR count). The van der Waals surface area contributed by atoms with Gasteiger partial charge in [0, 0.05) is 57.1 Å². The summed E-state index contributed by atoms with van der Waals surface area (Å²) in [5, 5.41) is 12.3. The smallest absolute Gasteiger partial charge is 0.304 e. The van der Waals surface area contributed by atoms with Gasteiger partial charge in [0.25, 0.3) is 32.2 Å². The van der Waals surface area contributed by atoms with Gasteiger partial charge in [-0.3, -0.25) is 15.0 Å². The van der Waals surface area contributed by atoms with Crippen LogP contribution in [0.5, 0.6) is 0 Å². The standard InChI is InChI=1S/C33H38N6O7S2/c1-22(40)46-32(31(41)36-20-23-9-8-18-38(21-23)33(34)35)39(47(42,43)26-17-16-24-10-4-5-11-25(24)19-26)48(44,45)30-15-7-12-27-28(30)13-6-14-29(27)37(2)3/h4-7,10-17,19,23,32H,8-9,18,20-21H2,1-3H3,(H3,34,35)(H,36,41)/t23-,32?/m0/s1. The number of hydrogen-bond donors (Lipinski definition) is 3. The van der Waals surface area contributed by atoms with Crippen LogP contribution in [0.15, 0.2) is 88.7 Å². The number of piperidine rings is 1. The minimum absolute atomic E-state index is 0.000685. The molecule has 1 saturated heterocycles. The van der Waals surface area contributed by atoms with E-state index >= 15 is 0 Å². The highest BCUT2D eigenvalue weighted by molar-refractivity contribution is 8.04. The first-order chi connectivity index (χ1) is 22.7. The number of guanidine groups is 1. The van der Waals surface area contributed by atoms with Gasteiger partial charge in [0.05, 0.1) is 9.79 Å². The number of nitrogens with two attached hydrogens (primary N) is 1. The Morgan fingerprint density at radius 3 is 2.33 bits per heavy atom. The van der Waals surface area contributed by atoms with Crippen LogP contribution in [0.4, 0.5) is 5.69 Å². The minimum Gasteiger partial charge on any atom is -0.435 e. The molecule has 13 nitrogen and oxygen atoms in total. The van der Waals surface area contributed by atoms with Crippen molar-refractivity contribution in [3.63, 3.8) is 0 Å². The fourth-order valence-electron chi connectivity index (χ4n) is 5.92. The molecule has 0 spiro atoms. The second-order valence-corrected chi connectivity index (χ2v) is 15.6. The van der Waals surface area contributed by atoms with Gasteiger partial charge in [-0.1, -0.05) is 54.6 Å². The first-order valence-corrected chi connectivity index (χ1v) is 18.1. The van der Waals surface area contributed by atoms with Crippen LogP contribution in [0, 0.1) is 11.3 Å². The van der Waals surface area contributed by atoms with E-state index in [-0.39, 0.29) is 27.5 Å². The van der Waals surface area contributed by atoms with Crippen LogP contribution >= 0.6 is 0 Å². The highest BCUT2D eigenvalue weighted by Crippen LogP contribution is 2.35. The zero-order chi connectivity index (χ0) is 34.8. The Hall–Kier alpha value is -4.73. The molecule has 4 N–H and O–H groups in total. The third-order valence-corrected chi connectivity index (χ3v) is 12.5. The predicted octanol–water partition coefficient (Wildman–Crippen LogP) is 3.05. The van der Waals surface area contributed by atoms with Gasteiger partial charge >= 0.3 is 5.97 Å². The Morgan fingerprint density at radius 1 is 0.958 bits per heavy atom. The number of carbonyl (C=O) groups is 2. The maximum atomic E-state index is 14.8. The summed E-state index contributed by atoms with van der Waals surface area (Å²) < 4.78 is 64.0. The number of rotatable bonds is 10. The van der Waals surface area contributed by atoms with E-state index in [9.17, 15) is 26.4 Å². The summed E-state index contributed by atoms with van der Waals surface area (Å²) in [4.78, 5) is 29.0. The lowest BCUT2D eigenvalue weighted by Crippen LogP contribution is -2.55. The molecular weight excluding hydrogens is 657 g/mol. The monoisotopic (exact) mass is 694 g/mol. The predicted molar refractivity (Wildman–Crippen MR) is 183 cm³/mol. The van der Waals surface area contributed by atoms with Gasteiger partial charge in [-0.15, -0.1) is 0 Å². The average molecular weight is 695 g/mol. The third kappa shape index (κ3) is 6.93. The van der Waals surface area contributed by atoms with Crippen LogP contribution in [0.25, 0.3) is 21.5 Å². The number of ether oxygens (including phenoxy) is 1. The molecular formula is C33H38N6O7S2. The van der Waals surface area contributed by atoms with Crippen molar-refractivity contribution in [3.8, 4) is 0 Å². The van der Waals surface area contributed by atoms with Gasteiger partial charge in [-0.25, -0.2) is 16.8 Å². The van der Waals surface area contributed by atoms with Gasteiger partial charge in [0.15, 0.2) is 5.96 Å². The largest absolute Gasteiger partial charge is 0.435 e. The normalized spacial score (nSPS) is 16.1. The Kier molecular flexibility index (Phi) is 9.94. The summed E-state index contributed by atoms with van der Waals surface area (Å²) in [6.07, 6.45) is -1.06. The van der Waals surface area contributed by atoms with Crippen molar-refractivity contribution in [1.82, 2.24) is 13.9 Å². The van der Waals surface area contributed by atoms with E-state index in [1.807, 2.05) is 0 Å². The van der Waals surface area contributed by atoms with Crippen LogP contribution in [0.2, 0.25) is 0 Å². The zero-order valence-electron chi connectivity index (χ0n) is 26.8. The van der Waals surface area contributed by atoms with Gasteiger partial charge in [0.1, 0.15) is 0 Å². The zero-order valence-corrected chi connectivity index (χ0v) is 28.4. The molecule has 254 valence electrons. The van der Waals surface area contributed by atoms with E-state index in [4.69, 9.17) is 15.9 Å². The average Bonchev–Trinajstić information content (AvgIpc) is 3.05. The highest BCUT2D eigenvalue weighted by Gasteiger charge is 2.48. The summed E-state index contributed by atoms with van der Waals surface area (Å²) in [5.41, 5.74) is 6.33. The second kappa shape index (κ2) is 13.8. The Balaban J connectivity index is 1.66. The van der Waals surface area contributed by atoms with Crippen molar-refractivity contribution in [2.24, 2.45) is 11.7 Å². The van der Waals surface area contributed by atoms with Crippen LogP contribution in [-0.4, -0.2) is 83.2 Å². The molecule has 2 atom stereocenters. The number of likely N-dealkylation sites (tertiary alicyclic amines) is 1. The molecule has 0 saturated carbocycles. The SMILES string of the molecule is CC(=O)OC(C(=O)NC[C@@H]1CCCN(C(=N)N)C1)N(S(=O)(=O)c1ccc2ccccc2c1)S(=O)(=O)c1cccc2c(N(C)C)cccc12. The Bertz CT molecular complexity index is 2100. The Labute approximate surface area is 279 Å². The first-order valence-electron chi connectivity index (χ1n) is 15.2. The number of amides is 1. The molecule has 0 aromatic heterocycles. The molecule has 1 aliphatic heterocycles. The van der Waals surface area contributed by atoms with Gasteiger partial charge in [-0.2, -0.15) is 0 Å². The molecule has 1 heterocycles. The van der Waals surface area contributed by atoms with Crippen LogP contribution in [0.1, 0.15) is 19.8 Å². The molecule has 15 heteroatoms. The molecule has 4 aromatic rings. The molecule has 48 heavy (non-hydrogen) atoms. The molecule has 1 aliphatic rings. The summed E-state index contributed by atoms with van der Waals surface area (Å²) in [7, 11) is -6.67. The number of esters is 1. The van der Waals surface area contributed by atoms with E-state index in [2.05, 4.69) is 5.32 Å². The van der Waals surface area contributed by atoms with Crippen molar-refractivity contribution in [1.29, 1.82) is 5.41 Å². The number of nitrogens with zero attached hydrogens (tertiary/aromatic N) is 3. The minimum atomic E-state index is -5.15. The molecule has 0 bridgehead atoms. The molecule has 4 aromatic carbocycles. The fraction of sp³-hybridized carbons (Fsp3) is 0.303. The third-order valence-electron chi connectivity index (χ3n) is 8.23. The first kappa shape index (κ1) is 34.6. The van der Waals surface area contributed by atoms with E-state index in [1.165, 1.54) is 30.3 Å². The molecule has 1 unspecified atom stereocenters. The number of sulfonamides is 2. The summed E-state index contributed by atoms with van der Waals surface area (Å²) in [5.74, 6) is -2.52. The van der Waals surface area contributed by atoms with Crippen molar-refractivity contribution in [2.45, 2.75) is 35.8 Å². The van der Waals surface area contributed by atoms with Gasteiger partial charge in [-0.05, 0) is 57.5 Å². The van der Waals surface area contributed by atoms with E-state index in [1.54, 1.807) is 72.4 Å². The number of nitrogens with one attached hydrogen (secondary N) is 2. The van der Waals surface area contributed by atoms with Crippen molar-refractivity contribution >= 4 is 65.1 Å². The lowest BCUT2D eigenvalue weighted by Gasteiger charge is -2.33. The molecule has 1 amide bonds. The molecule has 0 aliphatic carbocycles.